The van der Waals surface area contributed by atoms with Crippen molar-refractivity contribution in [1.29, 1.82) is 0 Å². The molecule has 5 heteroatoms. The van der Waals surface area contributed by atoms with Gasteiger partial charge in [-0.15, -0.1) is 0 Å². The van der Waals surface area contributed by atoms with E-state index in [-0.39, 0.29) is 0 Å². The van der Waals surface area contributed by atoms with Crippen LogP contribution in [0.2, 0.25) is 0 Å². The number of benzene rings is 1. The van der Waals surface area contributed by atoms with E-state index in [1.807, 2.05) is 16.8 Å². The van der Waals surface area contributed by atoms with Crippen molar-refractivity contribution in [3.63, 3.8) is 0 Å². The van der Waals surface area contributed by atoms with Crippen LogP contribution in [0.15, 0.2) is 30.6 Å². The highest BCUT2D eigenvalue weighted by molar-refractivity contribution is 5.39. The highest BCUT2D eigenvalue weighted by Crippen LogP contribution is 2.11. The van der Waals surface area contributed by atoms with Gasteiger partial charge in [0.2, 0.25) is 0 Å². The molecule has 0 saturated carbocycles. The van der Waals surface area contributed by atoms with Gasteiger partial charge in [-0.1, -0.05) is 26.0 Å². The minimum Gasteiger partial charge on any atom is -0.399 e. The van der Waals surface area contributed by atoms with Gasteiger partial charge in [0, 0.05) is 18.8 Å². The molecule has 1 aromatic carbocycles. The largest absolute Gasteiger partial charge is 0.399 e. The summed E-state index contributed by atoms with van der Waals surface area (Å²) in [6.45, 7) is 8.07. The number of aryl methyl sites for hydroxylation is 1. The summed E-state index contributed by atoms with van der Waals surface area (Å²) in [4.78, 5) is 6.81. The second-order valence-electron chi connectivity index (χ2n) is 5.35. The fraction of sp³-hybridized carbons (Fsp3) is 0.500. The summed E-state index contributed by atoms with van der Waals surface area (Å²) >= 11 is 0. The fourth-order valence-electron chi connectivity index (χ4n) is 2.42. The van der Waals surface area contributed by atoms with Crippen molar-refractivity contribution in [1.82, 2.24) is 19.7 Å². The molecule has 1 aromatic heterocycles. The lowest BCUT2D eigenvalue weighted by Gasteiger charge is -2.21. The Bertz CT molecular complexity index is 532. The molecule has 0 fully saturated rings. The van der Waals surface area contributed by atoms with Crippen LogP contribution in [0.3, 0.4) is 0 Å². The van der Waals surface area contributed by atoms with Gasteiger partial charge in [-0.2, -0.15) is 5.10 Å². The molecule has 2 N–H and O–H groups in total. The maximum absolute atomic E-state index is 5.74. The average Bonchev–Trinajstić information content (AvgIpc) is 2.89. The number of nitrogens with two attached hydrogens (primary N) is 1. The standard InChI is InChI=1S/C16H25N5/c1-3-9-20(11-14-5-7-15(17)8-6-14)12-16-18-13-19-21(16)10-4-2/h5-8,13H,3-4,9-12,17H2,1-2H3. The van der Waals surface area contributed by atoms with Crippen molar-refractivity contribution >= 4 is 5.69 Å². The number of anilines is 1. The van der Waals surface area contributed by atoms with Crippen molar-refractivity contribution in [2.75, 3.05) is 12.3 Å². The topological polar surface area (TPSA) is 60.0 Å². The van der Waals surface area contributed by atoms with Crippen LogP contribution in [0, 0.1) is 0 Å². The van der Waals surface area contributed by atoms with Crippen LogP contribution in [0.25, 0.3) is 0 Å². The Morgan fingerprint density at radius 1 is 1.10 bits per heavy atom. The number of rotatable bonds is 8. The first kappa shape index (κ1) is 15.5. The van der Waals surface area contributed by atoms with Gasteiger partial charge in [0.1, 0.15) is 12.2 Å². The first-order valence-corrected chi connectivity index (χ1v) is 7.66. The predicted molar refractivity (Wildman–Crippen MR) is 85.6 cm³/mol. The fourth-order valence-corrected chi connectivity index (χ4v) is 2.42. The van der Waals surface area contributed by atoms with Gasteiger partial charge in [-0.3, -0.25) is 4.90 Å². The molecule has 1 heterocycles. The van der Waals surface area contributed by atoms with E-state index in [4.69, 9.17) is 5.73 Å². The summed E-state index contributed by atoms with van der Waals surface area (Å²) < 4.78 is 2.01. The summed E-state index contributed by atoms with van der Waals surface area (Å²) in [5.41, 5.74) is 7.83. The lowest BCUT2D eigenvalue weighted by atomic mass is 10.2. The van der Waals surface area contributed by atoms with Crippen molar-refractivity contribution < 1.29 is 0 Å². The van der Waals surface area contributed by atoms with Crippen molar-refractivity contribution in [3.8, 4) is 0 Å². The average molecular weight is 287 g/mol. The van der Waals surface area contributed by atoms with Gasteiger partial charge in [-0.25, -0.2) is 9.67 Å². The first-order valence-electron chi connectivity index (χ1n) is 7.66. The molecular formula is C16H25N5. The van der Waals surface area contributed by atoms with Crippen molar-refractivity contribution in [2.45, 2.75) is 46.3 Å². The van der Waals surface area contributed by atoms with Gasteiger partial charge in [0.15, 0.2) is 0 Å². The quantitative estimate of drug-likeness (QED) is 0.758. The predicted octanol–water partition coefficient (Wildman–Crippen LogP) is 2.68. The Morgan fingerprint density at radius 3 is 2.52 bits per heavy atom. The number of hydrogen-bond donors (Lipinski definition) is 1. The van der Waals surface area contributed by atoms with Gasteiger partial charge < -0.3 is 5.73 Å². The molecule has 114 valence electrons. The van der Waals surface area contributed by atoms with Crippen LogP contribution < -0.4 is 5.73 Å². The van der Waals surface area contributed by atoms with Crippen LogP contribution >= 0.6 is 0 Å². The van der Waals surface area contributed by atoms with Gasteiger partial charge in [0.05, 0.1) is 6.54 Å². The monoisotopic (exact) mass is 287 g/mol. The third-order valence-electron chi connectivity index (χ3n) is 3.42. The summed E-state index contributed by atoms with van der Waals surface area (Å²) in [7, 11) is 0. The highest BCUT2D eigenvalue weighted by atomic mass is 15.3. The molecule has 2 aromatic rings. The second-order valence-corrected chi connectivity index (χ2v) is 5.35. The van der Waals surface area contributed by atoms with E-state index >= 15 is 0 Å². The molecule has 0 unspecified atom stereocenters. The zero-order valence-electron chi connectivity index (χ0n) is 13.0. The van der Waals surface area contributed by atoms with Crippen molar-refractivity contribution in [2.24, 2.45) is 0 Å². The number of hydrogen-bond acceptors (Lipinski definition) is 4. The Balaban J connectivity index is 2.04. The van der Waals surface area contributed by atoms with Crippen LogP contribution in [0.4, 0.5) is 5.69 Å². The van der Waals surface area contributed by atoms with E-state index in [1.54, 1.807) is 6.33 Å². The minimum absolute atomic E-state index is 0.809. The Kier molecular flexibility index (Phi) is 5.75. The lowest BCUT2D eigenvalue weighted by Crippen LogP contribution is -2.25. The molecule has 5 nitrogen and oxygen atoms in total. The molecular weight excluding hydrogens is 262 g/mol. The van der Waals surface area contributed by atoms with Gasteiger partial charge in [-0.05, 0) is 37.1 Å². The summed E-state index contributed by atoms with van der Waals surface area (Å²) in [5, 5.41) is 4.30. The van der Waals surface area contributed by atoms with E-state index in [1.165, 1.54) is 5.56 Å². The first-order chi connectivity index (χ1) is 10.2. The normalized spacial score (nSPS) is 11.2. The molecule has 0 spiro atoms. The third kappa shape index (κ3) is 4.56. The summed E-state index contributed by atoms with van der Waals surface area (Å²) in [5.74, 6) is 1.04. The zero-order chi connectivity index (χ0) is 15.1. The SMILES string of the molecule is CCCN(Cc1ccc(N)cc1)Cc1ncnn1CCC. The number of aromatic nitrogens is 3. The van der Waals surface area contributed by atoms with E-state index in [0.717, 1.165) is 50.5 Å². The molecule has 21 heavy (non-hydrogen) atoms. The molecule has 0 aliphatic heterocycles. The maximum atomic E-state index is 5.74. The van der Waals surface area contributed by atoms with Crippen LogP contribution in [-0.4, -0.2) is 26.2 Å². The van der Waals surface area contributed by atoms with Crippen LogP contribution in [0.5, 0.6) is 0 Å². The van der Waals surface area contributed by atoms with E-state index in [9.17, 15) is 0 Å². The van der Waals surface area contributed by atoms with E-state index in [0.29, 0.717) is 0 Å². The van der Waals surface area contributed by atoms with Crippen LogP contribution in [0.1, 0.15) is 38.1 Å². The molecule has 0 aliphatic rings. The van der Waals surface area contributed by atoms with Gasteiger partial charge >= 0.3 is 0 Å². The van der Waals surface area contributed by atoms with Crippen LogP contribution in [-0.2, 0) is 19.6 Å². The molecule has 0 amide bonds. The molecule has 0 aliphatic carbocycles. The summed E-state index contributed by atoms with van der Waals surface area (Å²) in [6.07, 6.45) is 3.84. The number of nitrogens with zero attached hydrogens (tertiary/aromatic N) is 4. The smallest absolute Gasteiger partial charge is 0.141 e. The third-order valence-corrected chi connectivity index (χ3v) is 3.42. The maximum Gasteiger partial charge on any atom is 0.141 e. The zero-order valence-corrected chi connectivity index (χ0v) is 13.0. The van der Waals surface area contributed by atoms with Gasteiger partial charge in [0.25, 0.3) is 0 Å². The Labute approximate surface area is 126 Å². The molecule has 0 bridgehead atoms. The molecule has 0 atom stereocenters. The molecule has 0 saturated heterocycles. The molecule has 2 rings (SSSR count). The Hall–Kier alpha value is -1.88. The minimum atomic E-state index is 0.809. The second kappa shape index (κ2) is 7.78. The molecule has 0 radical (unpaired) electrons. The van der Waals surface area contributed by atoms with E-state index < -0.39 is 0 Å². The van der Waals surface area contributed by atoms with E-state index in [2.05, 4.69) is 41.0 Å². The highest BCUT2D eigenvalue weighted by Gasteiger charge is 2.11. The number of nitrogen functional groups attached to an aromatic ring is 1. The Morgan fingerprint density at radius 2 is 1.86 bits per heavy atom. The van der Waals surface area contributed by atoms with Crippen molar-refractivity contribution in [3.05, 3.63) is 42.0 Å². The summed E-state index contributed by atoms with van der Waals surface area (Å²) in [6, 6.07) is 8.10. The lowest BCUT2D eigenvalue weighted by molar-refractivity contribution is 0.245.